The van der Waals surface area contributed by atoms with E-state index in [1.54, 1.807) is 12.1 Å². The summed E-state index contributed by atoms with van der Waals surface area (Å²) in [7, 11) is 0. The van der Waals surface area contributed by atoms with Crippen LogP contribution in [0.5, 0.6) is 0 Å². The minimum absolute atomic E-state index is 0.283. The predicted octanol–water partition coefficient (Wildman–Crippen LogP) is 3.05. The zero-order valence-electron chi connectivity index (χ0n) is 14.4. The summed E-state index contributed by atoms with van der Waals surface area (Å²) in [6.07, 6.45) is 0. The van der Waals surface area contributed by atoms with E-state index >= 15 is 0 Å². The van der Waals surface area contributed by atoms with Gasteiger partial charge in [0.15, 0.2) is 0 Å². The molecule has 4 rings (SSSR count). The highest BCUT2D eigenvalue weighted by atomic mass is 19.1. The first-order chi connectivity index (χ1) is 12.7. The van der Waals surface area contributed by atoms with Crippen LogP contribution in [0.2, 0.25) is 0 Å². The van der Waals surface area contributed by atoms with E-state index in [-0.39, 0.29) is 5.82 Å². The van der Waals surface area contributed by atoms with Gasteiger partial charge in [0, 0.05) is 24.6 Å². The van der Waals surface area contributed by atoms with Crippen molar-refractivity contribution in [2.45, 2.75) is 12.5 Å². The Hall–Kier alpha value is -2.57. The average Bonchev–Trinajstić information content (AvgIpc) is 3.30. The fourth-order valence-corrected chi connectivity index (χ4v) is 3.63. The van der Waals surface area contributed by atoms with Gasteiger partial charge in [0.25, 0.3) is 0 Å². The number of benzene rings is 2. The molecule has 1 aliphatic rings. The van der Waals surface area contributed by atoms with Gasteiger partial charge in [-0.25, -0.2) is 4.39 Å². The minimum atomic E-state index is -0.283. The minimum Gasteiger partial charge on any atom is -0.338 e. The molecule has 6 heteroatoms. The Labute approximate surface area is 151 Å². The first kappa shape index (κ1) is 16.9. The molecular formula is C20H21FN4O. The number of likely N-dealkylation sites (tertiary alicyclic amines) is 1. The fraction of sp³-hybridized carbons (Fsp3) is 0.300. The van der Waals surface area contributed by atoms with Crippen LogP contribution in [0.15, 0.2) is 59.1 Å². The average molecular weight is 352 g/mol. The first-order valence-electron chi connectivity index (χ1n) is 8.79. The van der Waals surface area contributed by atoms with Crippen LogP contribution in [0.4, 0.5) is 4.39 Å². The molecule has 2 aromatic carbocycles. The van der Waals surface area contributed by atoms with Crippen LogP contribution < -0.4 is 5.73 Å². The van der Waals surface area contributed by atoms with E-state index in [0.717, 1.165) is 18.7 Å². The van der Waals surface area contributed by atoms with Gasteiger partial charge in [0.05, 0.1) is 6.54 Å². The second kappa shape index (κ2) is 7.35. The van der Waals surface area contributed by atoms with Crippen LogP contribution in [0.3, 0.4) is 0 Å². The second-order valence-corrected chi connectivity index (χ2v) is 6.73. The summed E-state index contributed by atoms with van der Waals surface area (Å²) in [5.41, 5.74) is 8.06. The molecular weight excluding hydrogens is 331 g/mol. The summed E-state index contributed by atoms with van der Waals surface area (Å²) in [6.45, 7) is 3.07. The van der Waals surface area contributed by atoms with Gasteiger partial charge in [-0.1, -0.05) is 35.5 Å². The molecule has 0 amide bonds. The zero-order chi connectivity index (χ0) is 17.9. The van der Waals surface area contributed by atoms with Gasteiger partial charge in [-0.05, 0) is 42.3 Å². The summed E-state index contributed by atoms with van der Waals surface area (Å²) in [6, 6.07) is 16.6. The number of hydrogen-bond acceptors (Lipinski definition) is 5. The molecule has 1 aromatic heterocycles. The topological polar surface area (TPSA) is 68.2 Å². The smallest absolute Gasteiger partial charge is 0.241 e. The molecule has 0 unspecified atom stereocenters. The Morgan fingerprint density at radius 3 is 2.58 bits per heavy atom. The Bertz CT molecular complexity index is 850. The highest BCUT2D eigenvalue weighted by Gasteiger charge is 2.33. The van der Waals surface area contributed by atoms with E-state index in [1.165, 1.54) is 17.7 Å². The van der Waals surface area contributed by atoms with Gasteiger partial charge >= 0.3 is 0 Å². The van der Waals surface area contributed by atoms with E-state index in [2.05, 4.69) is 39.3 Å². The Kier molecular flexibility index (Phi) is 4.77. The summed E-state index contributed by atoms with van der Waals surface area (Å²) in [5.74, 6) is 1.59. The highest BCUT2D eigenvalue weighted by Crippen LogP contribution is 2.32. The molecule has 26 heavy (non-hydrogen) atoms. The number of nitrogens with two attached hydrogens (primary N) is 1. The van der Waals surface area contributed by atoms with Crippen molar-refractivity contribution < 1.29 is 8.91 Å². The summed E-state index contributed by atoms with van der Waals surface area (Å²) in [4.78, 5) is 6.75. The van der Waals surface area contributed by atoms with Crippen LogP contribution in [-0.2, 0) is 6.54 Å². The van der Waals surface area contributed by atoms with E-state index in [0.29, 0.717) is 36.6 Å². The zero-order valence-corrected chi connectivity index (χ0v) is 14.4. The van der Waals surface area contributed by atoms with Gasteiger partial charge in [-0.2, -0.15) is 4.98 Å². The first-order valence-corrected chi connectivity index (χ1v) is 8.79. The molecule has 0 bridgehead atoms. The molecule has 0 radical (unpaired) electrons. The maximum absolute atomic E-state index is 13.0. The quantitative estimate of drug-likeness (QED) is 0.764. The standard InChI is InChI=1S/C20H21FN4O/c21-17-8-6-15(7-9-17)20-23-19(26-24-20)13-25-11-16(10-22)18(12-25)14-4-2-1-3-5-14/h1-9,16,18H,10-13,22H2/t16-,18+/m1/s1. The number of halogens is 1. The summed E-state index contributed by atoms with van der Waals surface area (Å²) >= 11 is 0. The van der Waals surface area contributed by atoms with E-state index in [9.17, 15) is 4.39 Å². The summed E-state index contributed by atoms with van der Waals surface area (Å²) < 4.78 is 18.4. The van der Waals surface area contributed by atoms with Crippen LogP contribution >= 0.6 is 0 Å². The number of rotatable bonds is 5. The SMILES string of the molecule is NC[C@@H]1CN(Cc2nc(-c3ccc(F)cc3)no2)C[C@H]1c1ccccc1. The summed E-state index contributed by atoms with van der Waals surface area (Å²) in [5, 5.41) is 4.01. The third kappa shape index (κ3) is 3.52. The van der Waals surface area contributed by atoms with Crippen LogP contribution in [-0.4, -0.2) is 34.7 Å². The molecule has 2 heterocycles. The highest BCUT2D eigenvalue weighted by molar-refractivity contribution is 5.53. The molecule has 134 valence electrons. The lowest BCUT2D eigenvalue weighted by molar-refractivity contribution is 0.260. The molecule has 2 atom stereocenters. The normalized spacial score (nSPS) is 20.5. The Morgan fingerprint density at radius 2 is 1.85 bits per heavy atom. The number of aromatic nitrogens is 2. The van der Waals surface area contributed by atoms with Crippen LogP contribution in [0, 0.1) is 11.7 Å². The third-order valence-corrected chi connectivity index (χ3v) is 4.98. The Balaban J connectivity index is 1.46. The maximum Gasteiger partial charge on any atom is 0.241 e. The lowest BCUT2D eigenvalue weighted by atomic mass is 9.89. The van der Waals surface area contributed by atoms with Gasteiger partial charge in [0.1, 0.15) is 5.82 Å². The maximum atomic E-state index is 13.0. The molecule has 1 saturated heterocycles. The van der Waals surface area contributed by atoms with Crippen LogP contribution in [0.1, 0.15) is 17.4 Å². The third-order valence-electron chi connectivity index (χ3n) is 4.98. The van der Waals surface area contributed by atoms with Crippen molar-refractivity contribution in [3.8, 4) is 11.4 Å². The molecule has 1 aliphatic heterocycles. The van der Waals surface area contributed by atoms with Gasteiger partial charge < -0.3 is 10.3 Å². The van der Waals surface area contributed by atoms with Crippen molar-refractivity contribution in [2.75, 3.05) is 19.6 Å². The molecule has 0 spiro atoms. The van der Waals surface area contributed by atoms with Gasteiger partial charge in [0.2, 0.25) is 11.7 Å². The monoisotopic (exact) mass is 352 g/mol. The van der Waals surface area contributed by atoms with E-state index in [1.807, 2.05) is 6.07 Å². The van der Waals surface area contributed by atoms with Gasteiger partial charge in [-0.15, -0.1) is 0 Å². The second-order valence-electron chi connectivity index (χ2n) is 6.73. The molecule has 0 aliphatic carbocycles. The molecule has 5 nitrogen and oxygen atoms in total. The molecule has 3 aromatic rings. The largest absolute Gasteiger partial charge is 0.338 e. The van der Waals surface area contributed by atoms with Crippen molar-refractivity contribution in [3.63, 3.8) is 0 Å². The lowest BCUT2D eigenvalue weighted by Gasteiger charge is -2.16. The number of hydrogen-bond donors (Lipinski definition) is 1. The number of nitrogens with zero attached hydrogens (tertiary/aromatic N) is 3. The van der Waals surface area contributed by atoms with Crippen molar-refractivity contribution in [1.82, 2.24) is 15.0 Å². The molecule has 1 fully saturated rings. The van der Waals surface area contributed by atoms with E-state index < -0.39 is 0 Å². The van der Waals surface area contributed by atoms with Gasteiger partial charge in [-0.3, -0.25) is 4.90 Å². The molecule has 2 N–H and O–H groups in total. The van der Waals surface area contributed by atoms with Crippen molar-refractivity contribution >= 4 is 0 Å². The predicted molar refractivity (Wildman–Crippen MR) is 96.7 cm³/mol. The lowest BCUT2D eigenvalue weighted by Crippen LogP contribution is -2.23. The Morgan fingerprint density at radius 1 is 1.08 bits per heavy atom. The van der Waals surface area contributed by atoms with Crippen molar-refractivity contribution in [2.24, 2.45) is 11.7 Å². The van der Waals surface area contributed by atoms with Crippen molar-refractivity contribution in [3.05, 3.63) is 71.9 Å². The van der Waals surface area contributed by atoms with Crippen LogP contribution in [0.25, 0.3) is 11.4 Å². The fourth-order valence-electron chi connectivity index (χ4n) is 3.63. The molecule has 0 saturated carbocycles. The van der Waals surface area contributed by atoms with Crippen molar-refractivity contribution in [1.29, 1.82) is 0 Å². The van der Waals surface area contributed by atoms with E-state index in [4.69, 9.17) is 10.3 Å².